The van der Waals surface area contributed by atoms with Crippen molar-refractivity contribution in [1.82, 2.24) is 0 Å². The predicted octanol–water partition coefficient (Wildman–Crippen LogP) is 2.22. The number of hydrogen-bond acceptors (Lipinski definition) is 5. The summed E-state index contributed by atoms with van der Waals surface area (Å²) in [6.45, 7) is 1.71. The Morgan fingerprint density at radius 2 is 1.96 bits per heavy atom. The number of unbranched alkanes of at least 4 members (excludes halogenated alkanes) is 1. The van der Waals surface area contributed by atoms with Crippen LogP contribution in [-0.2, 0) is 9.59 Å². The van der Waals surface area contributed by atoms with Crippen LogP contribution in [0.5, 0.6) is 0 Å². The van der Waals surface area contributed by atoms with Crippen molar-refractivity contribution in [2.75, 3.05) is 0 Å². The first kappa shape index (κ1) is 22.5. The average molecular weight is 368 g/mol. The van der Waals surface area contributed by atoms with Gasteiger partial charge in [-0.05, 0) is 45.4 Å². The summed E-state index contributed by atoms with van der Waals surface area (Å²) in [4.78, 5) is 22.6. The van der Waals surface area contributed by atoms with Crippen molar-refractivity contribution in [2.45, 2.75) is 76.6 Å². The average Bonchev–Trinajstić information content (AvgIpc) is 2.81. The van der Waals surface area contributed by atoms with Gasteiger partial charge in [0.25, 0.3) is 0 Å². The van der Waals surface area contributed by atoms with E-state index in [2.05, 4.69) is 0 Å². The van der Waals surface area contributed by atoms with Crippen LogP contribution in [-0.4, -0.2) is 50.5 Å². The molecule has 0 aromatic heterocycles. The lowest BCUT2D eigenvalue weighted by Crippen LogP contribution is -2.18. The second-order valence-electron chi connectivity index (χ2n) is 7.15. The van der Waals surface area contributed by atoms with Gasteiger partial charge in [0.2, 0.25) is 0 Å². The van der Waals surface area contributed by atoms with Gasteiger partial charge in [-0.15, -0.1) is 0 Å². The van der Waals surface area contributed by atoms with Gasteiger partial charge in [-0.3, -0.25) is 9.59 Å². The first-order valence-corrected chi connectivity index (χ1v) is 9.43. The second-order valence-corrected chi connectivity index (χ2v) is 7.15. The Bertz CT molecular complexity index is 497. The highest BCUT2D eigenvalue weighted by molar-refractivity contribution is 5.84. The van der Waals surface area contributed by atoms with Gasteiger partial charge in [0, 0.05) is 24.7 Å². The van der Waals surface area contributed by atoms with Crippen LogP contribution in [0.15, 0.2) is 24.3 Å². The number of allylic oxidation sites excluding steroid dienone is 2. The van der Waals surface area contributed by atoms with E-state index in [0.717, 1.165) is 0 Å². The molecule has 1 saturated carbocycles. The fourth-order valence-electron chi connectivity index (χ4n) is 3.23. The summed E-state index contributed by atoms with van der Waals surface area (Å²) in [5, 5.41) is 37.9. The molecule has 1 rings (SSSR count). The molecule has 6 heteroatoms. The zero-order valence-electron chi connectivity index (χ0n) is 15.5. The summed E-state index contributed by atoms with van der Waals surface area (Å²) in [5.41, 5.74) is 0. The Morgan fingerprint density at radius 1 is 1.23 bits per heavy atom. The van der Waals surface area contributed by atoms with E-state index in [1.54, 1.807) is 19.1 Å². The monoisotopic (exact) mass is 368 g/mol. The molecule has 1 fully saturated rings. The molecule has 6 nitrogen and oxygen atoms in total. The molecule has 0 radical (unpaired) electrons. The molecular formula is C20H32O6. The molecule has 26 heavy (non-hydrogen) atoms. The highest BCUT2D eigenvalue weighted by atomic mass is 16.4. The molecule has 0 saturated heterocycles. The Labute approximate surface area is 155 Å². The highest BCUT2D eigenvalue weighted by Crippen LogP contribution is 2.33. The lowest BCUT2D eigenvalue weighted by atomic mass is 9.90. The van der Waals surface area contributed by atoms with Crippen LogP contribution in [0.4, 0.5) is 0 Å². The highest BCUT2D eigenvalue weighted by Gasteiger charge is 2.39. The van der Waals surface area contributed by atoms with Gasteiger partial charge in [0.15, 0.2) is 0 Å². The molecule has 0 aliphatic heterocycles. The van der Waals surface area contributed by atoms with E-state index in [9.17, 15) is 24.9 Å². The largest absolute Gasteiger partial charge is 0.481 e. The van der Waals surface area contributed by atoms with Crippen molar-refractivity contribution in [3.8, 4) is 0 Å². The zero-order valence-corrected chi connectivity index (χ0v) is 15.5. The first-order valence-electron chi connectivity index (χ1n) is 9.43. The standard InChI is InChI=1S/C20H32O6/c1-14(21)7-6-8-15(22)11-12-17-16(18(23)13-19(17)24)9-4-2-3-5-10-20(25)26/h2,4,11-12,14-17,19,21-22,24H,3,5-10,13H2,1H3,(H,25,26)/b4-2+,12-11?/t14-,15-,16-,17-,19-/m1/s1. The summed E-state index contributed by atoms with van der Waals surface area (Å²) in [6.07, 6.45) is 9.23. The van der Waals surface area contributed by atoms with Gasteiger partial charge in [-0.2, -0.15) is 0 Å². The van der Waals surface area contributed by atoms with E-state index < -0.39 is 18.2 Å². The molecule has 0 bridgehead atoms. The number of carboxylic acid groups (broad SMARTS) is 1. The number of carbonyl (C=O) groups excluding carboxylic acids is 1. The van der Waals surface area contributed by atoms with Crippen LogP contribution in [0, 0.1) is 11.8 Å². The fraction of sp³-hybridized carbons (Fsp3) is 0.700. The SMILES string of the molecule is C[C@@H](O)CCC[C@@H](O)C=C[C@H]1[C@H](O)CC(=O)[C@@H]1C/C=C/CCCC(=O)O. The second kappa shape index (κ2) is 12.0. The van der Waals surface area contributed by atoms with E-state index in [1.807, 2.05) is 12.2 Å². The van der Waals surface area contributed by atoms with Crippen LogP contribution in [0.1, 0.15) is 58.3 Å². The molecule has 0 aromatic rings. The normalized spacial score (nSPS) is 26.0. The summed E-state index contributed by atoms with van der Waals surface area (Å²) in [7, 11) is 0. The smallest absolute Gasteiger partial charge is 0.303 e. The van der Waals surface area contributed by atoms with Crippen molar-refractivity contribution in [1.29, 1.82) is 0 Å². The summed E-state index contributed by atoms with van der Waals surface area (Å²) in [5.74, 6) is -1.41. The van der Waals surface area contributed by atoms with Crippen LogP contribution in [0.2, 0.25) is 0 Å². The third-order valence-electron chi connectivity index (χ3n) is 4.73. The van der Waals surface area contributed by atoms with E-state index in [1.165, 1.54) is 0 Å². The Morgan fingerprint density at radius 3 is 2.62 bits per heavy atom. The number of carbonyl (C=O) groups is 2. The molecule has 1 aliphatic carbocycles. The molecule has 0 aromatic carbocycles. The van der Waals surface area contributed by atoms with Crippen LogP contribution >= 0.6 is 0 Å². The van der Waals surface area contributed by atoms with E-state index in [4.69, 9.17) is 5.11 Å². The number of hydrogen-bond donors (Lipinski definition) is 4. The molecular weight excluding hydrogens is 336 g/mol. The van der Waals surface area contributed by atoms with Gasteiger partial charge in [-0.25, -0.2) is 0 Å². The minimum absolute atomic E-state index is 0.0194. The van der Waals surface area contributed by atoms with Crippen molar-refractivity contribution in [2.24, 2.45) is 11.8 Å². The van der Waals surface area contributed by atoms with Crippen LogP contribution in [0.25, 0.3) is 0 Å². The van der Waals surface area contributed by atoms with Crippen molar-refractivity contribution in [3.05, 3.63) is 24.3 Å². The van der Waals surface area contributed by atoms with Gasteiger partial charge in [-0.1, -0.05) is 24.3 Å². The third kappa shape index (κ3) is 8.74. The summed E-state index contributed by atoms with van der Waals surface area (Å²) < 4.78 is 0. The number of carboxylic acids is 1. The van der Waals surface area contributed by atoms with E-state index in [0.29, 0.717) is 38.5 Å². The van der Waals surface area contributed by atoms with Gasteiger partial charge < -0.3 is 20.4 Å². The topological polar surface area (TPSA) is 115 Å². The first-order chi connectivity index (χ1) is 12.3. The number of Topliss-reactive ketones (excluding diaryl/α,β-unsaturated/α-hetero) is 1. The summed E-state index contributed by atoms with van der Waals surface area (Å²) in [6, 6.07) is 0. The van der Waals surface area contributed by atoms with Crippen LogP contribution < -0.4 is 0 Å². The molecule has 0 heterocycles. The minimum atomic E-state index is -0.815. The van der Waals surface area contributed by atoms with Crippen molar-refractivity contribution < 1.29 is 30.0 Å². The molecule has 148 valence electrons. The van der Waals surface area contributed by atoms with Crippen molar-refractivity contribution >= 4 is 11.8 Å². The summed E-state index contributed by atoms with van der Waals surface area (Å²) >= 11 is 0. The number of aliphatic hydroxyl groups excluding tert-OH is 3. The van der Waals surface area contributed by atoms with Gasteiger partial charge in [0.1, 0.15) is 5.78 Å². The number of ketones is 1. The molecule has 1 aliphatic rings. The maximum absolute atomic E-state index is 12.1. The van der Waals surface area contributed by atoms with E-state index in [-0.39, 0.29) is 36.6 Å². The fourth-order valence-corrected chi connectivity index (χ4v) is 3.23. The number of rotatable bonds is 12. The quantitative estimate of drug-likeness (QED) is 0.310. The maximum Gasteiger partial charge on any atom is 0.303 e. The lowest BCUT2D eigenvalue weighted by molar-refractivity contribution is -0.137. The predicted molar refractivity (Wildman–Crippen MR) is 98.5 cm³/mol. The minimum Gasteiger partial charge on any atom is -0.481 e. The lowest BCUT2D eigenvalue weighted by Gasteiger charge is -2.16. The number of aliphatic carboxylic acids is 1. The maximum atomic E-state index is 12.1. The zero-order chi connectivity index (χ0) is 19.5. The third-order valence-corrected chi connectivity index (χ3v) is 4.73. The molecule has 0 amide bonds. The van der Waals surface area contributed by atoms with Gasteiger partial charge in [0.05, 0.1) is 18.3 Å². The van der Waals surface area contributed by atoms with E-state index >= 15 is 0 Å². The number of aliphatic hydroxyl groups is 3. The molecule has 0 spiro atoms. The van der Waals surface area contributed by atoms with Gasteiger partial charge >= 0.3 is 5.97 Å². The Hall–Kier alpha value is -1.50. The Kier molecular flexibility index (Phi) is 10.4. The Balaban J connectivity index is 2.47. The van der Waals surface area contributed by atoms with Crippen molar-refractivity contribution in [3.63, 3.8) is 0 Å². The molecule has 5 atom stereocenters. The molecule has 0 unspecified atom stereocenters. The molecule has 4 N–H and O–H groups in total. The van der Waals surface area contributed by atoms with Crippen LogP contribution in [0.3, 0.4) is 0 Å².